The standard InChI is InChI=1S/C24H23NO6/c1-24(2)9-17-23(18(26)10-24)22(13-3-5-14(6-4-13)29-11-21(27)28)15-7-19-20(31-12-30-19)8-16(15)25-17/h3-8,22,25H,9-12H2,1-2H3,(H,27,28)/t22-/m1/s1. The molecule has 0 aromatic heterocycles. The number of Topliss-reactive ketones (excluding diaryl/α,β-unsaturated/α-hetero) is 1. The van der Waals surface area contributed by atoms with Crippen molar-refractivity contribution in [3.8, 4) is 17.2 Å². The number of hydrogen-bond acceptors (Lipinski definition) is 6. The number of ether oxygens (including phenoxy) is 3. The average Bonchev–Trinajstić information content (AvgIpc) is 3.16. The molecule has 31 heavy (non-hydrogen) atoms. The van der Waals surface area contributed by atoms with Crippen molar-refractivity contribution in [3.63, 3.8) is 0 Å². The second kappa shape index (κ2) is 7.04. The van der Waals surface area contributed by atoms with Gasteiger partial charge in [-0.2, -0.15) is 0 Å². The van der Waals surface area contributed by atoms with Crippen molar-refractivity contribution in [2.75, 3.05) is 18.7 Å². The van der Waals surface area contributed by atoms with E-state index in [1.54, 1.807) is 12.1 Å². The van der Waals surface area contributed by atoms with Gasteiger partial charge in [0.2, 0.25) is 6.79 Å². The fourth-order valence-electron chi connectivity index (χ4n) is 4.65. The number of carboxylic acid groups (broad SMARTS) is 1. The lowest BCUT2D eigenvalue weighted by Crippen LogP contribution is -2.33. The minimum Gasteiger partial charge on any atom is -0.482 e. The Labute approximate surface area is 179 Å². The van der Waals surface area contributed by atoms with Crippen molar-refractivity contribution in [3.05, 3.63) is 58.8 Å². The van der Waals surface area contributed by atoms with Gasteiger partial charge in [0.1, 0.15) is 5.75 Å². The lowest BCUT2D eigenvalue weighted by Gasteiger charge is -2.39. The molecule has 1 aliphatic carbocycles. The summed E-state index contributed by atoms with van der Waals surface area (Å²) in [7, 11) is 0. The zero-order chi connectivity index (χ0) is 21.8. The van der Waals surface area contributed by atoms with Crippen LogP contribution >= 0.6 is 0 Å². The highest BCUT2D eigenvalue weighted by molar-refractivity contribution is 6.01. The maximum Gasteiger partial charge on any atom is 0.341 e. The van der Waals surface area contributed by atoms with Crippen molar-refractivity contribution < 1.29 is 28.9 Å². The molecule has 2 N–H and O–H groups in total. The van der Waals surface area contributed by atoms with Crippen molar-refractivity contribution in [1.82, 2.24) is 0 Å². The summed E-state index contributed by atoms with van der Waals surface area (Å²) < 4.78 is 16.4. The monoisotopic (exact) mass is 421 g/mol. The number of hydrogen-bond donors (Lipinski definition) is 2. The minimum absolute atomic E-state index is 0.115. The first-order valence-electron chi connectivity index (χ1n) is 10.2. The Morgan fingerprint density at radius 3 is 2.58 bits per heavy atom. The molecule has 0 amide bonds. The Hall–Kier alpha value is -3.48. The summed E-state index contributed by atoms with van der Waals surface area (Å²) in [6.45, 7) is 3.99. The molecule has 5 rings (SSSR count). The van der Waals surface area contributed by atoms with Gasteiger partial charge < -0.3 is 24.6 Å². The van der Waals surface area contributed by atoms with Gasteiger partial charge in [0.05, 0.1) is 0 Å². The maximum atomic E-state index is 13.3. The SMILES string of the molecule is CC1(C)CC(=O)C2=C(C1)Nc1cc3c(cc1[C@H]2c1ccc(OCC(=O)O)cc1)OCO3. The van der Waals surface area contributed by atoms with Crippen molar-refractivity contribution in [1.29, 1.82) is 0 Å². The van der Waals surface area contributed by atoms with Crippen molar-refractivity contribution >= 4 is 17.4 Å². The van der Waals surface area contributed by atoms with Gasteiger partial charge in [0.25, 0.3) is 0 Å². The largest absolute Gasteiger partial charge is 0.482 e. The molecule has 160 valence electrons. The Kier molecular flexibility index (Phi) is 4.43. The molecule has 2 aromatic carbocycles. The van der Waals surface area contributed by atoms with Crippen molar-refractivity contribution in [2.45, 2.75) is 32.6 Å². The predicted molar refractivity (Wildman–Crippen MR) is 113 cm³/mol. The number of ketones is 1. The van der Waals surface area contributed by atoms with E-state index >= 15 is 0 Å². The highest BCUT2D eigenvalue weighted by Crippen LogP contribution is 2.51. The van der Waals surface area contributed by atoms with Crippen LogP contribution in [0.25, 0.3) is 0 Å². The molecule has 0 fully saturated rings. The van der Waals surface area contributed by atoms with Crippen LogP contribution in [-0.4, -0.2) is 30.3 Å². The first-order chi connectivity index (χ1) is 14.8. The molecular formula is C24H23NO6. The number of rotatable bonds is 4. The molecular weight excluding hydrogens is 398 g/mol. The van der Waals surface area contributed by atoms with Gasteiger partial charge in [-0.15, -0.1) is 0 Å². The third-order valence-corrected chi connectivity index (χ3v) is 5.93. The van der Waals surface area contributed by atoms with Gasteiger partial charge in [-0.05, 0) is 41.2 Å². The van der Waals surface area contributed by atoms with E-state index in [9.17, 15) is 9.59 Å². The first-order valence-corrected chi connectivity index (χ1v) is 10.2. The van der Waals surface area contributed by atoms with E-state index in [0.717, 1.165) is 34.5 Å². The fraction of sp³-hybridized carbons (Fsp3) is 0.333. The lowest BCUT2D eigenvalue weighted by molar-refractivity contribution is -0.139. The normalized spacial score (nSPS) is 20.6. The van der Waals surface area contributed by atoms with Crippen LogP contribution in [0.15, 0.2) is 47.7 Å². The van der Waals surface area contributed by atoms with Crippen LogP contribution in [0.1, 0.15) is 43.7 Å². The molecule has 1 atom stereocenters. The maximum absolute atomic E-state index is 13.3. The molecule has 7 heteroatoms. The first kappa shape index (κ1) is 19.5. The van der Waals surface area contributed by atoms with Gasteiger partial charge in [0, 0.05) is 35.4 Å². The van der Waals surface area contributed by atoms with Crippen molar-refractivity contribution in [2.24, 2.45) is 5.41 Å². The van der Waals surface area contributed by atoms with Crippen LogP contribution in [0, 0.1) is 5.41 Å². The lowest BCUT2D eigenvalue weighted by atomic mass is 9.68. The molecule has 3 aliphatic rings. The van der Waals surface area contributed by atoms with E-state index in [1.165, 1.54) is 0 Å². The summed E-state index contributed by atoms with van der Waals surface area (Å²) in [5.41, 5.74) is 4.41. The summed E-state index contributed by atoms with van der Waals surface area (Å²) in [6, 6.07) is 11.1. The summed E-state index contributed by atoms with van der Waals surface area (Å²) in [5.74, 6) is 0.678. The second-order valence-electron chi connectivity index (χ2n) is 8.94. The zero-order valence-corrected chi connectivity index (χ0v) is 17.4. The number of aliphatic carboxylic acids is 1. The van der Waals surface area contributed by atoms with Crippen LogP contribution in [-0.2, 0) is 9.59 Å². The second-order valence-corrected chi connectivity index (χ2v) is 8.94. The third kappa shape index (κ3) is 3.50. The summed E-state index contributed by atoms with van der Waals surface area (Å²) in [5, 5.41) is 12.3. The van der Waals surface area contributed by atoms with Crippen LogP contribution in [0.5, 0.6) is 17.2 Å². The molecule has 7 nitrogen and oxygen atoms in total. The molecule has 2 heterocycles. The van der Waals surface area contributed by atoms with Crippen LogP contribution in [0.4, 0.5) is 5.69 Å². The highest BCUT2D eigenvalue weighted by Gasteiger charge is 2.41. The zero-order valence-electron chi connectivity index (χ0n) is 17.4. The minimum atomic E-state index is -1.03. The summed E-state index contributed by atoms with van der Waals surface area (Å²) in [6.07, 6.45) is 1.27. The number of fused-ring (bicyclic) bond motifs is 2. The molecule has 0 bridgehead atoms. The van der Waals surface area contributed by atoms with E-state index < -0.39 is 12.6 Å². The number of allylic oxidation sites excluding steroid dienone is 2. The molecule has 0 unspecified atom stereocenters. The number of carbonyl (C=O) groups is 2. The van der Waals surface area contributed by atoms with E-state index in [0.29, 0.717) is 23.7 Å². The fourth-order valence-corrected chi connectivity index (χ4v) is 4.65. The molecule has 0 saturated carbocycles. The number of carbonyl (C=O) groups excluding carboxylic acids is 1. The quantitative estimate of drug-likeness (QED) is 0.768. The van der Waals surface area contributed by atoms with Crippen LogP contribution in [0.3, 0.4) is 0 Å². The summed E-state index contributed by atoms with van der Waals surface area (Å²) in [4.78, 5) is 24.0. The van der Waals surface area contributed by atoms with E-state index in [2.05, 4.69) is 19.2 Å². The third-order valence-electron chi connectivity index (χ3n) is 5.93. The Bertz CT molecular complexity index is 1120. The Balaban J connectivity index is 1.60. The number of benzene rings is 2. The predicted octanol–water partition coefficient (Wildman–Crippen LogP) is 4.08. The van der Waals surface area contributed by atoms with Gasteiger partial charge in [-0.25, -0.2) is 4.79 Å². The molecule has 2 aliphatic heterocycles. The Morgan fingerprint density at radius 1 is 1.16 bits per heavy atom. The topological polar surface area (TPSA) is 94.1 Å². The smallest absolute Gasteiger partial charge is 0.341 e. The molecule has 0 saturated heterocycles. The van der Waals surface area contributed by atoms with Crippen LogP contribution < -0.4 is 19.5 Å². The average molecular weight is 421 g/mol. The molecule has 0 spiro atoms. The number of anilines is 1. The van der Waals surface area contributed by atoms with E-state index in [1.807, 2.05) is 24.3 Å². The van der Waals surface area contributed by atoms with Gasteiger partial charge in [0.15, 0.2) is 23.9 Å². The van der Waals surface area contributed by atoms with E-state index in [-0.39, 0.29) is 23.9 Å². The number of nitrogens with one attached hydrogen (secondary N) is 1. The molecule has 0 radical (unpaired) electrons. The molecule has 2 aromatic rings. The summed E-state index contributed by atoms with van der Waals surface area (Å²) >= 11 is 0. The van der Waals surface area contributed by atoms with Gasteiger partial charge in [-0.1, -0.05) is 26.0 Å². The Morgan fingerprint density at radius 2 is 1.87 bits per heavy atom. The number of carboxylic acids is 1. The van der Waals surface area contributed by atoms with E-state index in [4.69, 9.17) is 19.3 Å². The highest BCUT2D eigenvalue weighted by atomic mass is 16.7. The van der Waals surface area contributed by atoms with Crippen LogP contribution in [0.2, 0.25) is 0 Å². The van der Waals surface area contributed by atoms with Gasteiger partial charge in [-0.3, -0.25) is 4.79 Å². The van der Waals surface area contributed by atoms with Gasteiger partial charge >= 0.3 is 5.97 Å².